The molecule has 0 radical (unpaired) electrons. The summed E-state index contributed by atoms with van der Waals surface area (Å²) in [7, 11) is 0. The number of nitrogens with zero attached hydrogens (tertiary/aromatic N) is 2. The minimum absolute atomic E-state index is 0.132. The van der Waals surface area contributed by atoms with Gasteiger partial charge in [-0.15, -0.1) is 0 Å². The van der Waals surface area contributed by atoms with Crippen LogP contribution in [0.2, 0.25) is 0 Å². The molecule has 48 valence electrons. The van der Waals surface area contributed by atoms with Crippen molar-refractivity contribution in [2.45, 2.75) is 19.5 Å². The Morgan fingerprint density at radius 1 is 1.44 bits per heavy atom. The van der Waals surface area contributed by atoms with Crippen LogP contribution in [-0.2, 0) is 13.1 Å². The first kappa shape index (κ1) is 4.85. The standard InChI is InChI=1S/C6H8N2O/c9-6-2-5-7-3-1-4-8(6)7/h2,5H,1,3-4H2. The van der Waals surface area contributed by atoms with Crippen LogP contribution in [0, 0.1) is 0 Å². The van der Waals surface area contributed by atoms with Gasteiger partial charge in [0.05, 0.1) is 0 Å². The predicted octanol–water partition coefficient (Wildman–Crippen LogP) is 0.0535. The summed E-state index contributed by atoms with van der Waals surface area (Å²) >= 11 is 0. The molecular formula is C6H8N2O. The van der Waals surface area contributed by atoms with Gasteiger partial charge in [-0.2, -0.15) is 0 Å². The molecule has 1 aromatic rings. The van der Waals surface area contributed by atoms with E-state index in [0.717, 1.165) is 19.5 Å². The van der Waals surface area contributed by atoms with Crippen molar-refractivity contribution in [3.8, 4) is 0 Å². The highest BCUT2D eigenvalue weighted by molar-refractivity contribution is 4.85. The van der Waals surface area contributed by atoms with Crippen molar-refractivity contribution < 1.29 is 0 Å². The molecule has 0 saturated heterocycles. The van der Waals surface area contributed by atoms with Crippen molar-refractivity contribution in [3.63, 3.8) is 0 Å². The van der Waals surface area contributed by atoms with Crippen LogP contribution in [-0.4, -0.2) is 9.36 Å². The van der Waals surface area contributed by atoms with E-state index in [1.165, 1.54) is 0 Å². The Bertz CT molecular complexity index is 271. The molecular weight excluding hydrogens is 116 g/mol. The van der Waals surface area contributed by atoms with E-state index in [-0.39, 0.29) is 5.56 Å². The number of hydrogen-bond donors (Lipinski definition) is 0. The van der Waals surface area contributed by atoms with Crippen LogP contribution in [0.4, 0.5) is 0 Å². The fourth-order valence-corrected chi connectivity index (χ4v) is 1.26. The number of fused-ring (bicyclic) bond motifs is 1. The number of aryl methyl sites for hydroxylation is 1. The molecule has 3 nitrogen and oxygen atoms in total. The summed E-state index contributed by atoms with van der Waals surface area (Å²) in [5, 5.41) is 0. The Hall–Kier alpha value is -0.990. The molecule has 2 heterocycles. The first-order valence-corrected chi connectivity index (χ1v) is 3.14. The lowest BCUT2D eigenvalue weighted by molar-refractivity contribution is 0.594. The highest BCUT2D eigenvalue weighted by Gasteiger charge is 2.08. The van der Waals surface area contributed by atoms with Crippen molar-refractivity contribution in [2.24, 2.45) is 0 Å². The third kappa shape index (κ3) is 0.542. The lowest BCUT2D eigenvalue weighted by Crippen LogP contribution is -2.15. The summed E-state index contributed by atoms with van der Waals surface area (Å²) in [5.74, 6) is 0. The summed E-state index contributed by atoms with van der Waals surface area (Å²) < 4.78 is 3.72. The maximum absolute atomic E-state index is 10.9. The molecule has 2 rings (SSSR count). The van der Waals surface area contributed by atoms with Gasteiger partial charge < -0.3 is 0 Å². The van der Waals surface area contributed by atoms with E-state index in [1.807, 2.05) is 10.9 Å². The predicted molar refractivity (Wildman–Crippen MR) is 33.3 cm³/mol. The first-order chi connectivity index (χ1) is 4.38. The van der Waals surface area contributed by atoms with Gasteiger partial charge >= 0.3 is 0 Å². The van der Waals surface area contributed by atoms with E-state index >= 15 is 0 Å². The number of aromatic nitrogens is 2. The second-order valence-corrected chi connectivity index (χ2v) is 2.29. The van der Waals surface area contributed by atoms with Crippen LogP contribution in [0.5, 0.6) is 0 Å². The van der Waals surface area contributed by atoms with Gasteiger partial charge in [-0.1, -0.05) is 0 Å². The molecule has 0 spiro atoms. The van der Waals surface area contributed by atoms with Crippen molar-refractivity contribution in [3.05, 3.63) is 22.6 Å². The van der Waals surface area contributed by atoms with Crippen molar-refractivity contribution in [1.82, 2.24) is 9.36 Å². The largest absolute Gasteiger partial charge is 0.290 e. The van der Waals surface area contributed by atoms with Gasteiger partial charge in [0.2, 0.25) is 0 Å². The third-order valence-corrected chi connectivity index (χ3v) is 1.71. The fourth-order valence-electron chi connectivity index (χ4n) is 1.26. The van der Waals surface area contributed by atoms with Gasteiger partial charge in [0, 0.05) is 25.4 Å². The minimum Gasteiger partial charge on any atom is -0.290 e. The third-order valence-electron chi connectivity index (χ3n) is 1.71. The van der Waals surface area contributed by atoms with E-state index in [1.54, 1.807) is 10.7 Å². The Morgan fingerprint density at radius 2 is 2.33 bits per heavy atom. The molecule has 0 aliphatic carbocycles. The number of hydrogen-bond acceptors (Lipinski definition) is 1. The zero-order chi connectivity index (χ0) is 6.27. The molecule has 1 aliphatic rings. The van der Waals surface area contributed by atoms with Gasteiger partial charge in [-0.25, -0.2) is 0 Å². The van der Waals surface area contributed by atoms with Gasteiger partial charge in [0.25, 0.3) is 5.56 Å². The van der Waals surface area contributed by atoms with Gasteiger partial charge in [-0.05, 0) is 6.42 Å². The number of rotatable bonds is 0. The quantitative estimate of drug-likeness (QED) is 0.480. The Labute approximate surface area is 52.5 Å². The van der Waals surface area contributed by atoms with Crippen LogP contribution in [0.25, 0.3) is 0 Å². The lowest BCUT2D eigenvalue weighted by Gasteiger charge is -1.94. The summed E-state index contributed by atoms with van der Waals surface area (Å²) in [5.41, 5.74) is 0.132. The zero-order valence-corrected chi connectivity index (χ0v) is 5.08. The van der Waals surface area contributed by atoms with E-state index in [2.05, 4.69) is 0 Å². The van der Waals surface area contributed by atoms with Crippen LogP contribution in [0.1, 0.15) is 6.42 Å². The molecule has 0 saturated carbocycles. The molecule has 0 unspecified atom stereocenters. The van der Waals surface area contributed by atoms with Crippen LogP contribution in [0.3, 0.4) is 0 Å². The van der Waals surface area contributed by atoms with Crippen LogP contribution in [0.15, 0.2) is 17.1 Å². The highest BCUT2D eigenvalue weighted by atomic mass is 16.1. The highest BCUT2D eigenvalue weighted by Crippen LogP contribution is 2.00. The Kier molecular flexibility index (Phi) is 0.806. The SMILES string of the molecule is O=c1ccn2n1CCC2. The van der Waals surface area contributed by atoms with E-state index < -0.39 is 0 Å². The molecule has 3 heteroatoms. The van der Waals surface area contributed by atoms with Gasteiger partial charge in [0.15, 0.2) is 0 Å². The maximum Gasteiger partial charge on any atom is 0.266 e. The van der Waals surface area contributed by atoms with Gasteiger partial charge in [0.1, 0.15) is 0 Å². The maximum atomic E-state index is 10.9. The van der Waals surface area contributed by atoms with Crippen LogP contribution >= 0.6 is 0 Å². The summed E-state index contributed by atoms with van der Waals surface area (Å²) in [6, 6.07) is 1.61. The smallest absolute Gasteiger partial charge is 0.266 e. The Morgan fingerprint density at radius 3 is 3.11 bits per heavy atom. The minimum atomic E-state index is 0.132. The zero-order valence-electron chi connectivity index (χ0n) is 5.08. The second-order valence-electron chi connectivity index (χ2n) is 2.29. The van der Waals surface area contributed by atoms with Crippen molar-refractivity contribution in [1.29, 1.82) is 0 Å². The lowest BCUT2D eigenvalue weighted by atomic mass is 10.4. The molecule has 0 atom stereocenters. The summed E-state index contributed by atoms with van der Waals surface area (Å²) in [4.78, 5) is 10.9. The molecule has 0 fully saturated rings. The molecule has 0 N–H and O–H groups in total. The molecule has 0 aromatic carbocycles. The molecule has 1 aliphatic heterocycles. The second kappa shape index (κ2) is 1.50. The van der Waals surface area contributed by atoms with Gasteiger partial charge in [-0.3, -0.25) is 14.2 Å². The monoisotopic (exact) mass is 124 g/mol. The Balaban J connectivity index is 2.70. The fraction of sp³-hybridized carbons (Fsp3) is 0.500. The normalized spacial score (nSPS) is 16.0. The molecule has 0 bridgehead atoms. The molecule has 9 heavy (non-hydrogen) atoms. The van der Waals surface area contributed by atoms with Crippen molar-refractivity contribution in [2.75, 3.05) is 0 Å². The topological polar surface area (TPSA) is 26.9 Å². The summed E-state index contributed by atoms with van der Waals surface area (Å²) in [6.07, 6.45) is 2.95. The van der Waals surface area contributed by atoms with Crippen LogP contribution < -0.4 is 5.56 Å². The average Bonchev–Trinajstić information content (AvgIpc) is 2.35. The molecule has 1 aromatic heterocycles. The van der Waals surface area contributed by atoms with Crippen molar-refractivity contribution >= 4 is 0 Å². The average molecular weight is 124 g/mol. The van der Waals surface area contributed by atoms with E-state index in [4.69, 9.17) is 0 Å². The molecule has 0 amide bonds. The van der Waals surface area contributed by atoms with E-state index in [9.17, 15) is 4.79 Å². The first-order valence-electron chi connectivity index (χ1n) is 3.14. The summed E-state index contributed by atoms with van der Waals surface area (Å²) in [6.45, 7) is 1.90. The van der Waals surface area contributed by atoms with E-state index in [0.29, 0.717) is 0 Å².